The van der Waals surface area contributed by atoms with E-state index in [9.17, 15) is 28.1 Å². The normalized spacial score (nSPS) is 12.0. The topological polar surface area (TPSA) is 130 Å². The zero-order valence-corrected chi connectivity index (χ0v) is 20.3. The molecule has 0 bridgehead atoms. The van der Waals surface area contributed by atoms with Crippen molar-refractivity contribution >= 4 is 56.4 Å². The number of nitrogens with zero attached hydrogens (tertiary/aromatic N) is 3. The number of hydrogen-bond donors (Lipinski definition) is 1. The van der Waals surface area contributed by atoms with Gasteiger partial charge in [-0.3, -0.25) is 24.0 Å². The lowest BCUT2D eigenvalue weighted by Crippen LogP contribution is -2.50. The van der Waals surface area contributed by atoms with E-state index in [0.29, 0.717) is 5.56 Å². The number of carbonyl (C=O) groups is 2. The highest BCUT2D eigenvalue weighted by atomic mass is 35.5. The molecule has 0 saturated heterocycles. The van der Waals surface area contributed by atoms with Crippen LogP contribution in [0.25, 0.3) is 0 Å². The Morgan fingerprint density at radius 2 is 1.73 bits per heavy atom. The van der Waals surface area contributed by atoms with Crippen LogP contribution in [0.3, 0.4) is 0 Å². The van der Waals surface area contributed by atoms with Crippen LogP contribution < -0.4 is 9.62 Å². The van der Waals surface area contributed by atoms with Crippen LogP contribution in [0.4, 0.5) is 11.4 Å². The van der Waals surface area contributed by atoms with Gasteiger partial charge in [-0.05, 0) is 25.1 Å². The van der Waals surface area contributed by atoms with E-state index >= 15 is 0 Å². The standard InChI is InChI=1S/C20H22Cl2N4O6S/c1-13(20(28)23-2)24(11-16-17(21)8-5-9-18(16)22)19(27)12-25(33(3,31)32)14-6-4-7-15(10-14)26(29)30/h4-10,13H,11-12H2,1-3H3,(H,23,28). The monoisotopic (exact) mass is 516 g/mol. The largest absolute Gasteiger partial charge is 0.357 e. The maximum absolute atomic E-state index is 13.3. The van der Waals surface area contributed by atoms with Crippen LogP contribution in [0.2, 0.25) is 10.0 Å². The molecule has 1 unspecified atom stereocenters. The van der Waals surface area contributed by atoms with Crippen molar-refractivity contribution in [1.29, 1.82) is 0 Å². The Morgan fingerprint density at radius 1 is 1.15 bits per heavy atom. The van der Waals surface area contributed by atoms with Crippen LogP contribution >= 0.6 is 23.2 Å². The van der Waals surface area contributed by atoms with Crippen LogP contribution in [0.5, 0.6) is 0 Å². The molecule has 0 heterocycles. The number of hydrogen-bond acceptors (Lipinski definition) is 6. The summed E-state index contributed by atoms with van der Waals surface area (Å²) in [5.41, 5.74) is -0.0263. The fraction of sp³-hybridized carbons (Fsp3) is 0.300. The van der Waals surface area contributed by atoms with Gasteiger partial charge in [0.1, 0.15) is 12.6 Å². The zero-order chi connectivity index (χ0) is 24.9. The minimum atomic E-state index is -4.02. The van der Waals surface area contributed by atoms with Crippen molar-refractivity contribution in [3.05, 3.63) is 68.2 Å². The number of anilines is 1. The molecule has 0 spiro atoms. The average Bonchev–Trinajstić information content (AvgIpc) is 2.75. The predicted molar refractivity (Wildman–Crippen MR) is 126 cm³/mol. The Labute approximate surface area is 201 Å². The van der Waals surface area contributed by atoms with E-state index in [-0.39, 0.29) is 28.0 Å². The highest BCUT2D eigenvalue weighted by Crippen LogP contribution is 2.28. The van der Waals surface area contributed by atoms with Crippen molar-refractivity contribution in [3.63, 3.8) is 0 Å². The number of halogens is 2. The molecule has 2 aromatic carbocycles. The molecule has 2 amide bonds. The quantitative estimate of drug-likeness (QED) is 0.402. The third-order valence-electron chi connectivity index (χ3n) is 4.81. The molecular weight excluding hydrogens is 495 g/mol. The summed E-state index contributed by atoms with van der Waals surface area (Å²) < 4.78 is 25.7. The number of sulfonamides is 1. The number of rotatable bonds is 9. The van der Waals surface area contributed by atoms with E-state index < -0.39 is 39.3 Å². The van der Waals surface area contributed by atoms with Gasteiger partial charge in [-0.1, -0.05) is 35.3 Å². The average molecular weight is 517 g/mol. The Morgan fingerprint density at radius 3 is 2.24 bits per heavy atom. The van der Waals surface area contributed by atoms with Gasteiger partial charge in [-0.25, -0.2) is 8.42 Å². The first-order valence-electron chi connectivity index (χ1n) is 9.53. The SMILES string of the molecule is CNC(=O)C(C)N(Cc1c(Cl)cccc1Cl)C(=O)CN(c1cccc([N+](=O)[O-])c1)S(C)(=O)=O. The van der Waals surface area contributed by atoms with E-state index in [1.165, 1.54) is 32.2 Å². The number of nitro groups is 1. The number of likely N-dealkylation sites (N-methyl/N-ethyl adjacent to an activating group) is 1. The van der Waals surface area contributed by atoms with Gasteiger partial charge in [-0.2, -0.15) is 0 Å². The molecule has 10 nitrogen and oxygen atoms in total. The molecule has 33 heavy (non-hydrogen) atoms. The highest BCUT2D eigenvalue weighted by Gasteiger charge is 2.31. The van der Waals surface area contributed by atoms with Gasteiger partial charge in [0.25, 0.3) is 5.69 Å². The Kier molecular flexibility index (Phi) is 8.64. The minimum absolute atomic E-state index is 0.0663. The molecule has 178 valence electrons. The Hall–Kier alpha value is -2.89. The summed E-state index contributed by atoms with van der Waals surface area (Å²) in [7, 11) is -2.62. The third kappa shape index (κ3) is 6.56. The molecular formula is C20H22Cl2N4O6S. The van der Waals surface area contributed by atoms with Gasteiger partial charge < -0.3 is 10.2 Å². The molecule has 0 saturated carbocycles. The summed E-state index contributed by atoms with van der Waals surface area (Å²) in [5.74, 6) is -1.23. The van der Waals surface area contributed by atoms with Gasteiger partial charge >= 0.3 is 0 Å². The van der Waals surface area contributed by atoms with E-state index in [2.05, 4.69) is 5.32 Å². The lowest BCUT2D eigenvalue weighted by atomic mass is 10.1. The first-order chi connectivity index (χ1) is 15.4. The van der Waals surface area contributed by atoms with Crippen LogP contribution in [0.1, 0.15) is 12.5 Å². The zero-order valence-electron chi connectivity index (χ0n) is 18.0. The van der Waals surface area contributed by atoms with Gasteiger partial charge in [-0.15, -0.1) is 0 Å². The van der Waals surface area contributed by atoms with Crippen molar-refractivity contribution in [2.24, 2.45) is 0 Å². The fourth-order valence-electron chi connectivity index (χ4n) is 3.02. The molecule has 0 aromatic heterocycles. The summed E-state index contributed by atoms with van der Waals surface area (Å²) in [6.45, 7) is 0.599. The van der Waals surface area contributed by atoms with Crippen molar-refractivity contribution in [3.8, 4) is 0 Å². The third-order valence-corrected chi connectivity index (χ3v) is 6.66. The summed E-state index contributed by atoms with van der Waals surface area (Å²) in [5, 5.41) is 14.1. The van der Waals surface area contributed by atoms with Crippen LogP contribution in [-0.2, 0) is 26.2 Å². The van der Waals surface area contributed by atoms with E-state index in [1.807, 2.05) is 0 Å². The molecule has 0 aliphatic rings. The Balaban J connectivity index is 2.48. The number of non-ortho nitro benzene ring substituents is 1. The van der Waals surface area contributed by atoms with Crippen molar-refractivity contribution in [1.82, 2.24) is 10.2 Å². The van der Waals surface area contributed by atoms with Crippen molar-refractivity contribution < 1.29 is 22.9 Å². The van der Waals surface area contributed by atoms with Crippen LogP contribution in [0.15, 0.2) is 42.5 Å². The lowest BCUT2D eigenvalue weighted by Gasteiger charge is -2.31. The summed E-state index contributed by atoms with van der Waals surface area (Å²) in [6.07, 6.45) is 0.872. The Bertz CT molecular complexity index is 1150. The number of benzene rings is 2. The second kappa shape index (κ2) is 10.8. The maximum Gasteiger partial charge on any atom is 0.271 e. The first kappa shape index (κ1) is 26.4. The minimum Gasteiger partial charge on any atom is -0.357 e. The smallest absolute Gasteiger partial charge is 0.271 e. The van der Waals surface area contributed by atoms with Gasteiger partial charge in [0.15, 0.2) is 0 Å². The number of nitro benzene ring substituents is 1. The lowest BCUT2D eigenvalue weighted by molar-refractivity contribution is -0.384. The maximum atomic E-state index is 13.3. The van der Waals surface area contributed by atoms with E-state index in [0.717, 1.165) is 21.5 Å². The van der Waals surface area contributed by atoms with Gasteiger partial charge in [0.05, 0.1) is 16.9 Å². The van der Waals surface area contributed by atoms with Gasteiger partial charge in [0, 0.05) is 41.3 Å². The molecule has 0 aliphatic carbocycles. The molecule has 2 aromatic rings. The molecule has 2 rings (SSSR count). The number of nitrogens with one attached hydrogen (secondary N) is 1. The van der Waals surface area contributed by atoms with Crippen LogP contribution in [-0.4, -0.2) is 55.9 Å². The first-order valence-corrected chi connectivity index (χ1v) is 12.1. The second-order valence-electron chi connectivity index (χ2n) is 7.06. The van der Waals surface area contributed by atoms with E-state index in [1.54, 1.807) is 18.2 Å². The summed E-state index contributed by atoms with van der Waals surface area (Å²) >= 11 is 12.4. The molecule has 0 radical (unpaired) electrons. The molecule has 13 heteroatoms. The summed E-state index contributed by atoms with van der Waals surface area (Å²) in [6, 6.07) is 8.65. The molecule has 1 atom stereocenters. The number of amides is 2. The second-order valence-corrected chi connectivity index (χ2v) is 9.78. The molecule has 1 N–H and O–H groups in total. The number of carbonyl (C=O) groups excluding carboxylic acids is 2. The van der Waals surface area contributed by atoms with Crippen molar-refractivity contribution in [2.75, 3.05) is 24.2 Å². The summed E-state index contributed by atoms with van der Waals surface area (Å²) in [4.78, 5) is 37.2. The van der Waals surface area contributed by atoms with E-state index in [4.69, 9.17) is 23.2 Å². The highest BCUT2D eigenvalue weighted by molar-refractivity contribution is 7.92. The molecule has 0 fully saturated rings. The fourth-order valence-corrected chi connectivity index (χ4v) is 4.38. The van der Waals surface area contributed by atoms with Crippen molar-refractivity contribution in [2.45, 2.75) is 19.5 Å². The molecule has 0 aliphatic heterocycles. The van der Waals surface area contributed by atoms with Gasteiger partial charge in [0.2, 0.25) is 21.8 Å². The predicted octanol–water partition coefficient (Wildman–Crippen LogP) is 2.83. The van der Waals surface area contributed by atoms with Crippen LogP contribution in [0, 0.1) is 10.1 Å².